The molecule has 0 aliphatic carbocycles. The topological polar surface area (TPSA) is 103 Å². The van der Waals surface area contributed by atoms with Gasteiger partial charge in [-0.05, 0) is 48.7 Å². The Balaban J connectivity index is 1.63. The molecule has 8 nitrogen and oxygen atoms in total. The lowest BCUT2D eigenvalue weighted by atomic mass is 10.0. The van der Waals surface area contributed by atoms with Crippen molar-refractivity contribution >= 4 is 11.4 Å². The zero-order valence-electron chi connectivity index (χ0n) is 20.3. The number of aliphatic hydroxyl groups is 1. The highest BCUT2D eigenvalue weighted by molar-refractivity contribution is 5.93. The Bertz CT molecular complexity index is 1380. The predicted molar refractivity (Wildman–Crippen MR) is 137 cm³/mol. The minimum Gasteiger partial charge on any atom is -0.395 e. The highest BCUT2D eigenvalue weighted by atomic mass is 16.3. The molecule has 35 heavy (non-hydrogen) atoms. The molecule has 182 valence electrons. The molecule has 0 spiro atoms. The molecule has 0 saturated heterocycles. The van der Waals surface area contributed by atoms with Crippen LogP contribution in [-0.2, 0) is 0 Å². The molecule has 1 atom stereocenters. The minimum atomic E-state index is -0.366. The Kier molecular flexibility index (Phi) is 7.43. The molecule has 2 heterocycles. The third kappa shape index (κ3) is 5.50. The maximum absolute atomic E-state index is 13.2. The number of nitrogens with one attached hydrogen (secondary N) is 2. The normalized spacial score (nSPS) is 12.3. The van der Waals surface area contributed by atoms with Gasteiger partial charge in [0.15, 0.2) is 5.69 Å². The quantitative estimate of drug-likeness (QED) is 0.347. The Labute approximate surface area is 204 Å². The Hall–Kier alpha value is -3.75. The number of aliphatic hydroxyl groups excluding tert-OH is 1. The number of rotatable bonds is 9. The fourth-order valence-corrected chi connectivity index (χ4v) is 4.10. The van der Waals surface area contributed by atoms with Crippen molar-refractivity contribution in [1.82, 2.24) is 24.8 Å². The third-order valence-electron chi connectivity index (χ3n) is 6.33. The van der Waals surface area contributed by atoms with E-state index in [1.54, 1.807) is 6.20 Å². The summed E-state index contributed by atoms with van der Waals surface area (Å²) in [4.78, 5) is 31.0. The van der Waals surface area contributed by atoms with Gasteiger partial charge in [-0.25, -0.2) is 4.52 Å². The summed E-state index contributed by atoms with van der Waals surface area (Å²) in [5.41, 5.74) is 4.91. The van der Waals surface area contributed by atoms with Crippen molar-refractivity contribution in [3.63, 3.8) is 0 Å². The molecule has 2 aromatic heterocycles. The first kappa shape index (κ1) is 24.4. The SMILES string of the molecule is CCN(CCO)CC(NC(=O)c1cc2c(=O)[nH]c(-c3ccc(C)c(C)c3)cn2n1)c1ccccc1. The zero-order chi connectivity index (χ0) is 24.9. The average molecular weight is 474 g/mol. The van der Waals surface area contributed by atoms with Crippen LogP contribution in [0.25, 0.3) is 16.8 Å². The lowest BCUT2D eigenvalue weighted by Gasteiger charge is -2.26. The molecular formula is C27H31N5O3. The number of hydrogen-bond acceptors (Lipinski definition) is 5. The van der Waals surface area contributed by atoms with E-state index < -0.39 is 0 Å². The lowest BCUT2D eigenvalue weighted by Crippen LogP contribution is -2.39. The molecule has 1 amide bonds. The summed E-state index contributed by atoms with van der Waals surface area (Å²) in [7, 11) is 0. The van der Waals surface area contributed by atoms with E-state index in [4.69, 9.17) is 0 Å². The van der Waals surface area contributed by atoms with Crippen molar-refractivity contribution < 1.29 is 9.90 Å². The third-order valence-corrected chi connectivity index (χ3v) is 6.33. The van der Waals surface area contributed by atoms with Crippen LogP contribution in [0.2, 0.25) is 0 Å². The second-order valence-corrected chi connectivity index (χ2v) is 8.71. The number of H-pyrrole nitrogens is 1. The lowest BCUT2D eigenvalue weighted by molar-refractivity contribution is 0.0916. The monoisotopic (exact) mass is 473 g/mol. The van der Waals surface area contributed by atoms with Crippen LogP contribution < -0.4 is 10.9 Å². The number of likely N-dealkylation sites (N-methyl/N-ethyl adjacent to an activating group) is 1. The molecule has 0 bridgehead atoms. The van der Waals surface area contributed by atoms with Crippen LogP contribution >= 0.6 is 0 Å². The van der Waals surface area contributed by atoms with Gasteiger partial charge in [0.05, 0.1) is 24.5 Å². The van der Waals surface area contributed by atoms with Crippen LogP contribution in [-0.4, -0.2) is 56.8 Å². The summed E-state index contributed by atoms with van der Waals surface area (Å²) in [6, 6.07) is 16.9. The summed E-state index contributed by atoms with van der Waals surface area (Å²) in [5, 5.41) is 16.9. The van der Waals surface area contributed by atoms with Gasteiger partial charge in [-0.3, -0.25) is 14.5 Å². The molecule has 2 aromatic carbocycles. The molecule has 4 rings (SSSR count). The first-order valence-corrected chi connectivity index (χ1v) is 11.8. The molecule has 0 fully saturated rings. The van der Waals surface area contributed by atoms with Crippen LogP contribution in [0.5, 0.6) is 0 Å². The van der Waals surface area contributed by atoms with E-state index in [-0.39, 0.29) is 29.8 Å². The summed E-state index contributed by atoms with van der Waals surface area (Å²) in [6.07, 6.45) is 1.73. The van der Waals surface area contributed by atoms with Crippen LogP contribution in [0.3, 0.4) is 0 Å². The summed E-state index contributed by atoms with van der Waals surface area (Å²) >= 11 is 0. The van der Waals surface area contributed by atoms with Crippen molar-refractivity contribution in [2.24, 2.45) is 0 Å². The number of amides is 1. The van der Waals surface area contributed by atoms with Crippen molar-refractivity contribution in [3.05, 3.63) is 93.5 Å². The standard InChI is InChI=1S/C27H31N5O3/c1-4-31(12-13-33)16-23(20-8-6-5-7-9-20)28-26(34)22-15-25-27(35)29-24(17-32(25)30-22)21-11-10-18(2)19(3)14-21/h5-11,14-15,17,23,33H,4,12-13,16H2,1-3H3,(H,28,34)(H,29,35). The van der Waals surface area contributed by atoms with Crippen molar-refractivity contribution in [2.75, 3.05) is 26.2 Å². The minimum absolute atomic E-state index is 0.0430. The Morgan fingerprint density at radius 1 is 1.14 bits per heavy atom. The van der Waals surface area contributed by atoms with Gasteiger partial charge in [0.2, 0.25) is 0 Å². The zero-order valence-corrected chi connectivity index (χ0v) is 20.3. The second-order valence-electron chi connectivity index (χ2n) is 8.71. The molecule has 0 aliphatic rings. The van der Waals surface area contributed by atoms with Crippen LogP contribution in [0.4, 0.5) is 0 Å². The van der Waals surface area contributed by atoms with Crippen molar-refractivity contribution in [2.45, 2.75) is 26.8 Å². The fraction of sp³-hybridized carbons (Fsp3) is 0.296. The van der Waals surface area contributed by atoms with Gasteiger partial charge in [-0.15, -0.1) is 0 Å². The van der Waals surface area contributed by atoms with Gasteiger partial charge in [-0.2, -0.15) is 5.10 Å². The first-order valence-electron chi connectivity index (χ1n) is 11.8. The van der Waals surface area contributed by atoms with Crippen LogP contribution in [0, 0.1) is 13.8 Å². The number of fused-ring (bicyclic) bond motifs is 1. The van der Waals surface area contributed by atoms with Crippen LogP contribution in [0.1, 0.15) is 40.1 Å². The summed E-state index contributed by atoms with van der Waals surface area (Å²) < 4.78 is 1.46. The second kappa shape index (κ2) is 10.7. The molecule has 8 heteroatoms. The average Bonchev–Trinajstić information content (AvgIpc) is 3.30. The highest BCUT2D eigenvalue weighted by Gasteiger charge is 2.21. The van der Waals surface area contributed by atoms with Crippen molar-refractivity contribution in [3.8, 4) is 11.3 Å². The molecule has 1 unspecified atom stereocenters. The first-order chi connectivity index (χ1) is 16.9. The number of carbonyl (C=O) groups is 1. The number of benzene rings is 2. The largest absolute Gasteiger partial charge is 0.395 e. The summed E-state index contributed by atoms with van der Waals surface area (Å²) in [6.45, 7) is 7.91. The van der Waals surface area contributed by atoms with E-state index in [0.29, 0.717) is 24.3 Å². The van der Waals surface area contributed by atoms with E-state index in [0.717, 1.165) is 23.2 Å². The number of aryl methyl sites for hydroxylation is 2. The molecular weight excluding hydrogens is 442 g/mol. The molecule has 3 N–H and O–H groups in total. The Morgan fingerprint density at radius 3 is 2.60 bits per heavy atom. The highest BCUT2D eigenvalue weighted by Crippen LogP contribution is 2.20. The van der Waals surface area contributed by atoms with E-state index in [1.165, 1.54) is 16.1 Å². The summed E-state index contributed by atoms with van der Waals surface area (Å²) in [5.74, 6) is -0.366. The predicted octanol–water partition coefficient (Wildman–Crippen LogP) is 3.09. The number of hydrogen-bond donors (Lipinski definition) is 3. The van der Waals surface area contributed by atoms with E-state index >= 15 is 0 Å². The van der Waals surface area contributed by atoms with E-state index in [2.05, 4.69) is 20.3 Å². The fourth-order valence-electron chi connectivity index (χ4n) is 4.10. The maximum atomic E-state index is 13.2. The van der Waals surface area contributed by atoms with Gasteiger partial charge >= 0.3 is 0 Å². The maximum Gasteiger partial charge on any atom is 0.274 e. The molecule has 0 aliphatic heterocycles. The van der Waals surface area contributed by atoms with Gasteiger partial charge in [0.1, 0.15) is 5.52 Å². The Morgan fingerprint density at radius 2 is 1.91 bits per heavy atom. The molecule has 4 aromatic rings. The van der Waals surface area contributed by atoms with Gasteiger partial charge < -0.3 is 15.4 Å². The van der Waals surface area contributed by atoms with E-state index in [9.17, 15) is 14.7 Å². The number of aromatic amines is 1. The smallest absolute Gasteiger partial charge is 0.274 e. The van der Waals surface area contributed by atoms with Gasteiger partial charge in [0.25, 0.3) is 11.5 Å². The van der Waals surface area contributed by atoms with Crippen LogP contribution in [0.15, 0.2) is 65.6 Å². The molecule has 0 radical (unpaired) electrons. The van der Waals surface area contributed by atoms with Crippen molar-refractivity contribution in [1.29, 1.82) is 0 Å². The number of nitrogens with zero attached hydrogens (tertiary/aromatic N) is 3. The number of carbonyl (C=O) groups excluding carboxylic acids is 1. The van der Waals surface area contributed by atoms with Gasteiger partial charge in [-0.1, -0.05) is 49.4 Å². The molecule has 0 saturated carbocycles. The van der Waals surface area contributed by atoms with E-state index in [1.807, 2.05) is 69.3 Å². The van der Waals surface area contributed by atoms with Gasteiger partial charge in [0, 0.05) is 19.2 Å². The number of aromatic nitrogens is 3.